The van der Waals surface area contributed by atoms with Crippen molar-refractivity contribution in [2.45, 2.75) is 110 Å². The second-order valence-corrected chi connectivity index (χ2v) is 14.9. The largest absolute Gasteiger partial charge is 0.364 e. The van der Waals surface area contributed by atoms with Crippen LogP contribution in [-0.2, 0) is 9.59 Å². The molecule has 0 radical (unpaired) electrons. The molecule has 1 aliphatic heterocycles. The number of unbranched alkanes of at least 4 members (excludes halogenated alkanes) is 2. The molecule has 4 nitrogen and oxygen atoms in total. The molecular weight excluding hydrogens is 536 g/mol. The van der Waals surface area contributed by atoms with Crippen molar-refractivity contribution in [1.82, 2.24) is 10.6 Å². The number of alkyl halides is 1. The molecule has 0 saturated heterocycles. The van der Waals surface area contributed by atoms with Gasteiger partial charge < -0.3 is 10.6 Å². The standard InChI is InChI=1S/C33H49BrN2O2/c1-5-6-8-14-28(38)36-30(34)23-21-22-24-12-11-17-31(24,2)18-15-25(22)32(3)19-16-27(37)33(4,29(23)32)26-13-9-7-10-20-35-26/h7,9-10,13,20,22-25,29-30,35H,5-6,8,11-12,14-19,21H2,1-4H3,(H,36,38)/t22-,23?,24-,25-,29+,30?,31-,32+,33?/m0/s1. The Balaban J connectivity index is 1.55. The third-order valence-corrected chi connectivity index (χ3v) is 12.8. The van der Waals surface area contributed by atoms with E-state index in [0.29, 0.717) is 35.9 Å². The molecule has 210 valence electrons. The Morgan fingerprint density at radius 1 is 1.11 bits per heavy atom. The topological polar surface area (TPSA) is 58.2 Å². The first-order valence-corrected chi connectivity index (χ1v) is 16.3. The van der Waals surface area contributed by atoms with Crippen molar-refractivity contribution < 1.29 is 9.59 Å². The van der Waals surface area contributed by atoms with E-state index in [1.165, 1.54) is 32.1 Å². The Bertz CT molecular complexity index is 1020. The zero-order valence-corrected chi connectivity index (χ0v) is 25.6. The summed E-state index contributed by atoms with van der Waals surface area (Å²) in [6, 6.07) is 0. The number of hydrogen-bond acceptors (Lipinski definition) is 3. The van der Waals surface area contributed by atoms with E-state index < -0.39 is 5.41 Å². The summed E-state index contributed by atoms with van der Waals surface area (Å²) in [5.74, 6) is 2.93. The Hall–Kier alpha value is -1.36. The Morgan fingerprint density at radius 2 is 1.92 bits per heavy atom. The quantitative estimate of drug-likeness (QED) is 0.182. The smallest absolute Gasteiger partial charge is 0.220 e. The van der Waals surface area contributed by atoms with Crippen molar-refractivity contribution in [1.29, 1.82) is 0 Å². The van der Waals surface area contributed by atoms with Gasteiger partial charge in [0.1, 0.15) is 5.78 Å². The second kappa shape index (κ2) is 10.9. The fourth-order valence-electron chi connectivity index (χ4n) is 10.1. The lowest BCUT2D eigenvalue weighted by Crippen LogP contribution is -2.65. The van der Waals surface area contributed by atoms with Gasteiger partial charge in [0, 0.05) is 24.7 Å². The van der Waals surface area contributed by atoms with E-state index in [1.54, 1.807) is 0 Å². The van der Waals surface area contributed by atoms with Crippen molar-refractivity contribution in [3.05, 3.63) is 36.2 Å². The van der Waals surface area contributed by atoms with Crippen LogP contribution < -0.4 is 10.6 Å². The lowest BCUT2D eigenvalue weighted by atomic mass is 9.38. The molecule has 0 aromatic heterocycles. The van der Waals surface area contributed by atoms with Crippen molar-refractivity contribution in [3.63, 3.8) is 0 Å². The van der Waals surface area contributed by atoms with Crippen LogP contribution >= 0.6 is 15.9 Å². The zero-order chi connectivity index (χ0) is 27.1. The average molecular weight is 586 g/mol. The number of rotatable bonds is 7. The molecule has 0 spiro atoms. The molecule has 38 heavy (non-hydrogen) atoms. The molecule has 4 saturated carbocycles. The second-order valence-electron chi connectivity index (χ2n) is 13.9. The predicted molar refractivity (Wildman–Crippen MR) is 158 cm³/mol. The third-order valence-electron chi connectivity index (χ3n) is 11.9. The Morgan fingerprint density at radius 3 is 2.71 bits per heavy atom. The fraction of sp³-hybridized carbons (Fsp3) is 0.758. The van der Waals surface area contributed by atoms with Crippen LogP contribution in [0.25, 0.3) is 0 Å². The number of halogens is 1. The van der Waals surface area contributed by atoms with Crippen LogP contribution in [0.2, 0.25) is 0 Å². The number of allylic oxidation sites excluding steroid dienone is 5. The van der Waals surface area contributed by atoms with Crippen LogP contribution in [0, 0.1) is 45.8 Å². The van der Waals surface area contributed by atoms with Crippen molar-refractivity contribution in [3.8, 4) is 0 Å². The number of carbonyl (C=O) groups is 2. The van der Waals surface area contributed by atoms with Crippen LogP contribution in [-0.4, -0.2) is 16.6 Å². The zero-order valence-electron chi connectivity index (χ0n) is 24.0. The van der Waals surface area contributed by atoms with Crippen molar-refractivity contribution >= 4 is 27.6 Å². The molecule has 5 rings (SSSR count). The number of hydrogen-bond donors (Lipinski definition) is 2. The SMILES string of the molecule is CCCCCC(=O)NC(Br)C1C[C@H]2[C@@H]3CCC[C@@]3(C)CC[C@@H]2[C@@]2(C)CCC(=O)C(C)(C3=CC=CC=CN3)[C@H]12. The highest BCUT2D eigenvalue weighted by atomic mass is 79.9. The van der Waals surface area contributed by atoms with Gasteiger partial charge in [-0.15, -0.1) is 0 Å². The first-order chi connectivity index (χ1) is 18.1. The summed E-state index contributed by atoms with van der Waals surface area (Å²) in [6.45, 7) is 9.46. The van der Waals surface area contributed by atoms with E-state index in [0.717, 1.165) is 43.7 Å². The van der Waals surface area contributed by atoms with E-state index in [-0.39, 0.29) is 28.1 Å². The van der Waals surface area contributed by atoms with Gasteiger partial charge in [0.05, 0.1) is 10.4 Å². The number of fused-ring (bicyclic) bond motifs is 5. The maximum atomic E-state index is 14.1. The fourth-order valence-corrected chi connectivity index (χ4v) is 10.9. The minimum Gasteiger partial charge on any atom is -0.364 e. The molecule has 1 amide bonds. The van der Waals surface area contributed by atoms with Gasteiger partial charge in [-0.1, -0.05) is 68.1 Å². The van der Waals surface area contributed by atoms with Crippen LogP contribution in [0.4, 0.5) is 0 Å². The van der Waals surface area contributed by atoms with Crippen LogP contribution in [0.1, 0.15) is 105 Å². The van der Waals surface area contributed by atoms with E-state index in [1.807, 2.05) is 18.4 Å². The van der Waals surface area contributed by atoms with E-state index >= 15 is 0 Å². The summed E-state index contributed by atoms with van der Waals surface area (Å²) in [6.07, 6.45) is 23.3. The maximum absolute atomic E-state index is 14.1. The van der Waals surface area contributed by atoms with Crippen LogP contribution in [0.5, 0.6) is 0 Å². The molecule has 5 heteroatoms. The lowest BCUT2D eigenvalue weighted by Gasteiger charge is -2.66. The Kier molecular flexibility index (Phi) is 8.08. The number of nitrogens with one attached hydrogen (secondary N) is 2. The minimum atomic E-state index is -0.614. The first kappa shape index (κ1) is 28.2. The molecule has 0 aromatic rings. The first-order valence-electron chi connectivity index (χ1n) is 15.4. The number of amides is 1. The molecule has 3 unspecified atom stereocenters. The molecule has 9 atom stereocenters. The molecule has 0 bridgehead atoms. The highest BCUT2D eigenvalue weighted by molar-refractivity contribution is 9.09. The monoisotopic (exact) mass is 584 g/mol. The lowest BCUT2D eigenvalue weighted by molar-refractivity contribution is -0.175. The van der Waals surface area contributed by atoms with Crippen molar-refractivity contribution in [2.75, 3.05) is 0 Å². The average Bonchev–Trinajstić information content (AvgIpc) is 3.08. The summed E-state index contributed by atoms with van der Waals surface area (Å²) in [5, 5.41) is 6.91. The van der Waals surface area contributed by atoms with E-state index in [2.05, 4.69) is 66.4 Å². The van der Waals surface area contributed by atoms with Crippen LogP contribution in [0.3, 0.4) is 0 Å². The highest BCUT2D eigenvalue weighted by Crippen LogP contribution is 2.70. The molecule has 4 aliphatic carbocycles. The van der Waals surface area contributed by atoms with Gasteiger partial charge in [-0.3, -0.25) is 9.59 Å². The molecule has 2 N–H and O–H groups in total. The summed E-state index contributed by atoms with van der Waals surface area (Å²) in [7, 11) is 0. The summed E-state index contributed by atoms with van der Waals surface area (Å²) in [4.78, 5) is 27.0. The summed E-state index contributed by atoms with van der Waals surface area (Å²) in [5.41, 5.74) is 0.926. The van der Waals surface area contributed by atoms with Gasteiger partial charge in [-0.25, -0.2) is 0 Å². The molecular formula is C33H49BrN2O2. The minimum absolute atomic E-state index is 0.0569. The number of carbonyl (C=O) groups excluding carboxylic acids is 2. The predicted octanol–water partition coefficient (Wildman–Crippen LogP) is 7.81. The number of Topliss-reactive ketones (excluding diaryl/α,β-unsaturated/α-hetero) is 1. The van der Waals surface area contributed by atoms with Crippen LogP contribution in [0.15, 0.2) is 36.2 Å². The molecule has 4 fully saturated rings. The van der Waals surface area contributed by atoms with Crippen molar-refractivity contribution in [2.24, 2.45) is 45.8 Å². The summed E-state index contributed by atoms with van der Waals surface area (Å²) >= 11 is 4.04. The number of ketones is 1. The molecule has 5 aliphatic rings. The third kappa shape index (κ3) is 4.67. The maximum Gasteiger partial charge on any atom is 0.220 e. The van der Waals surface area contributed by atoms with E-state index in [4.69, 9.17) is 0 Å². The van der Waals surface area contributed by atoms with Gasteiger partial charge in [-0.2, -0.15) is 0 Å². The van der Waals surface area contributed by atoms with Gasteiger partial charge >= 0.3 is 0 Å². The normalized spacial score (nSPS) is 42.7. The summed E-state index contributed by atoms with van der Waals surface area (Å²) < 4.78 is 0. The molecule has 0 aromatic carbocycles. The van der Waals surface area contributed by atoms with Gasteiger partial charge in [0.15, 0.2) is 0 Å². The highest BCUT2D eigenvalue weighted by Gasteiger charge is 2.67. The van der Waals surface area contributed by atoms with Gasteiger partial charge in [0.25, 0.3) is 0 Å². The molecule has 1 heterocycles. The Labute approximate surface area is 239 Å². The van der Waals surface area contributed by atoms with Gasteiger partial charge in [0.2, 0.25) is 5.91 Å². The van der Waals surface area contributed by atoms with Gasteiger partial charge in [-0.05, 0) is 104 Å². The van der Waals surface area contributed by atoms with E-state index in [9.17, 15) is 9.59 Å².